The van der Waals surface area contributed by atoms with Crippen LogP contribution in [0.2, 0.25) is 0 Å². The molecule has 7 heteroatoms. The highest BCUT2D eigenvalue weighted by Crippen LogP contribution is 2.22. The van der Waals surface area contributed by atoms with Crippen LogP contribution in [-0.4, -0.2) is 34.9 Å². The van der Waals surface area contributed by atoms with E-state index in [1.54, 1.807) is 28.4 Å². The number of thiophene rings is 1. The summed E-state index contributed by atoms with van der Waals surface area (Å²) in [5.41, 5.74) is 0.888. The zero-order valence-electron chi connectivity index (χ0n) is 14.5. The number of thiazole rings is 1. The monoisotopic (exact) mass is 398 g/mol. The van der Waals surface area contributed by atoms with Crippen molar-refractivity contribution in [2.24, 2.45) is 0 Å². The van der Waals surface area contributed by atoms with Gasteiger partial charge in [-0.3, -0.25) is 4.79 Å². The normalized spacial score (nSPS) is 11.0. The molecular weight excluding hydrogens is 380 g/mol. The molecule has 27 heavy (non-hydrogen) atoms. The van der Waals surface area contributed by atoms with Gasteiger partial charge in [0, 0.05) is 17.5 Å². The second-order valence-corrected chi connectivity index (χ2v) is 7.70. The Bertz CT molecular complexity index is 928. The topological polar surface area (TPSA) is 59.5 Å². The number of ether oxygens (including phenoxy) is 1. The van der Waals surface area contributed by atoms with Gasteiger partial charge in [0.15, 0.2) is 6.61 Å². The van der Waals surface area contributed by atoms with Crippen molar-refractivity contribution < 1.29 is 14.3 Å². The number of carbonyl (C=O) groups excluding carboxylic acids is 2. The lowest BCUT2D eigenvalue weighted by molar-refractivity contribution is -0.148. The predicted octanol–water partition coefficient (Wildman–Crippen LogP) is 4.13. The Balaban J connectivity index is 1.53. The molecule has 138 valence electrons. The van der Waals surface area contributed by atoms with Gasteiger partial charge in [-0.15, -0.1) is 29.3 Å². The van der Waals surface area contributed by atoms with Gasteiger partial charge in [0.05, 0.1) is 16.8 Å². The van der Waals surface area contributed by atoms with Crippen molar-refractivity contribution in [2.45, 2.75) is 6.54 Å². The number of fused-ring (bicyclic) bond motifs is 1. The summed E-state index contributed by atoms with van der Waals surface area (Å²) in [6.07, 6.45) is 4.55. The molecular formula is C20H18N2O3S2. The number of amides is 1. The molecule has 0 radical (unpaired) electrons. The van der Waals surface area contributed by atoms with Crippen molar-refractivity contribution in [1.82, 2.24) is 9.88 Å². The third-order valence-electron chi connectivity index (χ3n) is 3.64. The molecule has 0 saturated heterocycles. The maximum Gasteiger partial charge on any atom is 0.331 e. The maximum atomic E-state index is 12.3. The van der Waals surface area contributed by atoms with E-state index >= 15 is 0 Å². The van der Waals surface area contributed by atoms with Crippen LogP contribution in [0, 0.1) is 0 Å². The lowest BCUT2D eigenvalue weighted by Crippen LogP contribution is -2.34. The van der Waals surface area contributed by atoms with Crippen LogP contribution in [0.15, 0.2) is 60.5 Å². The molecule has 0 aliphatic heterocycles. The fraction of sp³-hybridized carbons (Fsp3) is 0.150. The summed E-state index contributed by atoms with van der Waals surface area (Å²) in [7, 11) is 0. The summed E-state index contributed by atoms with van der Waals surface area (Å²) in [5, 5.41) is 2.67. The molecule has 0 fully saturated rings. The molecule has 3 rings (SSSR count). The molecule has 5 nitrogen and oxygen atoms in total. The number of esters is 1. The van der Waals surface area contributed by atoms with Gasteiger partial charge in [-0.1, -0.05) is 24.3 Å². The van der Waals surface area contributed by atoms with Crippen LogP contribution in [0.4, 0.5) is 0 Å². The molecule has 2 aromatic heterocycles. The lowest BCUT2D eigenvalue weighted by Gasteiger charge is -2.20. The highest BCUT2D eigenvalue weighted by atomic mass is 32.1. The van der Waals surface area contributed by atoms with E-state index in [1.165, 1.54) is 17.4 Å². The van der Waals surface area contributed by atoms with Crippen molar-refractivity contribution in [3.63, 3.8) is 0 Å². The SMILES string of the molecule is C=CCN(Cc1cccs1)C(=O)COC(=O)/C=C/c1nc2ccccc2s1. The first-order valence-corrected chi connectivity index (χ1v) is 9.97. The number of rotatable bonds is 8. The quantitative estimate of drug-likeness (QED) is 0.325. The highest BCUT2D eigenvalue weighted by molar-refractivity contribution is 7.19. The van der Waals surface area contributed by atoms with Crippen molar-refractivity contribution in [1.29, 1.82) is 0 Å². The minimum atomic E-state index is -0.572. The third kappa shape index (κ3) is 5.35. The fourth-order valence-corrected chi connectivity index (χ4v) is 3.96. The zero-order valence-corrected chi connectivity index (χ0v) is 16.2. The van der Waals surface area contributed by atoms with Crippen molar-refractivity contribution >= 4 is 50.8 Å². The van der Waals surface area contributed by atoms with E-state index in [0.717, 1.165) is 15.1 Å². The van der Waals surface area contributed by atoms with E-state index in [2.05, 4.69) is 11.6 Å². The van der Waals surface area contributed by atoms with E-state index < -0.39 is 5.97 Å². The number of carbonyl (C=O) groups is 2. The van der Waals surface area contributed by atoms with Crippen LogP contribution < -0.4 is 0 Å². The van der Waals surface area contributed by atoms with Crippen LogP contribution >= 0.6 is 22.7 Å². The summed E-state index contributed by atoms with van der Waals surface area (Å²) in [6, 6.07) is 11.6. The molecule has 0 unspecified atom stereocenters. The summed E-state index contributed by atoms with van der Waals surface area (Å²) >= 11 is 3.06. The number of para-hydroxylation sites is 1. The van der Waals surface area contributed by atoms with Crippen molar-refractivity contribution in [3.05, 3.63) is 70.4 Å². The lowest BCUT2D eigenvalue weighted by atomic mass is 10.3. The molecule has 1 amide bonds. The van der Waals surface area contributed by atoms with Crippen LogP contribution in [0.3, 0.4) is 0 Å². The maximum absolute atomic E-state index is 12.3. The Kier molecular flexibility index (Phi) is 6.51. The Morgan fingerprint density at radius 1 is 1.22 bits per heavy atom. The number of hydrogen-bond donors (Lipinski definition) is 0. The average molecular weight is 399 g/mol. The number of nitrogens with zero attached hydrogens (tertiary/aromatic N) is 2. The summed E-state index contributed by atoms with van der Waals surface area (Å²) in [5.74, 6) is -0.831. The molecule has 0 aliphatic rings. The molecule has 2 heterocycles. The largest absolute Gasteiger partial charge is 0.452 e. The average Bonchev–Trinajstić information content (AvgIpc) is 3.33. The van der Waals surface area contributed by atoms with Crippen molar-refractivity contribution in [2.75, 3.05) is 13.2 Å². The Morgan fingerprint density at radius 2 is 2.07 bits per heavy atom. The molecule has 0 N–H and O–H groups in total. The van der Waals surface area contributed by atoms with E-state index in [9.17, 15) is 9.59 Å². The third-order valence-corrected chi connectivity index (χ3v) is 5.50. The zero-order chi connectivity index (χ0) is 19.1. The second-order valence-electron chi connectivity index (χ2n) is 5.60. The smallest absolute Gasteiger partial charge is 0.331 e. The van der Waals surface area contributed by atoms with Gasteiger partial charge in [0.1, 0.15) is 5.01 Å². The molecule has 0 spiro atoms. The van der Waals surface area contributed by atoms with Crippen LogP contribution in [0.5, 0.6) is 0 Å². The van der Waals surface area contributed by atoms with Gasteiger partial charge in [-0.25, -0.2) is 9.78 Å². The van der Waals surface area contributed by atoms with Gasteiger partial charge >= 0.3 is 5.97 Å². The molecule has 1 aromatic carbocycles. The number of aromatic nitrogens is 1. The van der Waals surface area contributed by atoms with E-state index in [4.69, 9.17) is 4.74 Å². The molecule has 0 aliphatic carbocycles. The Morgan fingerprint density at radius 3 is 2.81 bits per heavy atom. The summed E-state index contributed by atoms with van der Waals surface area (Å²) in [4.78, 5) is 31.3. The number of benzene rings is 1. The molecule has 3 aromatic rings. The predicted molar refractivity (Wildman–Crippen MR) is 110 cm³/mol. The second kappa shape index (κ2) is 9.25. The first kappa shape index (κ1) is 19.0. The molecule has 0 saturated carbocycles. The number of hydrogen-bond acceptors (Lipinski definition) is 6. The first-order valence-electron chi connectivity index (χ1n) is 8.27. The fourth-order valence-electron chi connectivity index (χ4n) is 2.37. The van der Waals surface area contributed by atoms with Gasteiger partial charge in [0.2, 0.25) is 0 Å². The van der Waals surface area contributed by atoms with E-state index in [1.807, 2.05) is 41.8 Å². The van der Waals surface area contributed by atoms with Gasteiger partial charge in [0.25, 0.3) is 5.91 Å². The first-order chi connectivity index (χ1) is 13.2. The van der Waals surface area contributed by atoms with Gasteiger partial charge in [-0.2, -0.15) is 0 Å². The van der Waals surface area contributed by atoms with Gasteiger partial charge in [-0.05, 0) is 29.7 Å². The minimum absolute atomic E-state index is 0.259. The highest BCUT2D eigenvalue weighted by Gasteiger charge is 2.15. The summed E-state index contributed by atoms with van der Waals surface area (Å²) < 4.78 is 6.13. The summed E-state index contributed by atoms with van der Waals surface area (Å²) in [6.45, 7) is 4.24. The van der Waals surface area contributed by atoms with Gasteiger partial charge < -0.3 is 9.64 Å². The standard InChI is InChI=1S/C20H18N2O3S2/c1-2-11-22(13-15-6-5-12-26-15)19(23)14-25-20(24)10-9-18-21-16-7-3-4-8-17(16)27-18/h2-10,12H,1,11,13-14H2/b10-9+. The Labute approximate surface area is 165 Å². The van der Waals surface area contributed by atoms with Crippen LogP contribution in [0.1, 0.15) is 9.88 Å². The van der Waals surface area contributed by atoms with E-state index in [-0.39, 0.29) is 12.5 Å². The van der Waals surface area contributed by atoms with Crippen LogP contribution in [-0.2, 0) is 20.9 Å². The van der Waals surface area contributed by atoms with E-state index in [0.29, 0.717) is 18.1 Å². The molecule has 0 atom stereocenters. The van der Waals surface area contributed by atoms with Crippen LogP contribution in [0.25, 0.3) is 16.3 Å². The Hall–Kier alpha value is -2.77. The minimum Gasteiger partial charge on any atom is -0.452 e. The van der Waals surface area contributed by atoms with Crippen molar-refractivity contribution in [3.8, 4) is 0 Å². The molecule has 0 bridgehead atoms.